The molecule has 3 aromatic rings. The van der Waals surface area contributed by atoms with E-state index in [-0.39, 0.29) is 11.9 Å². The van der Waals surface area contributed by atoms with Crippen LogP contribution in [-0.4, -0.2) is 23.0 Å². The summed E-state index contributed by atoms with van der Waals surface area (Å²) in [4.78, 5) is 28.5. The summed E-state index contributed by atoms with van der Waals surface area (Å²) in [5.74, 6) is 0.251. The number of benzene rings is 2. The number of anilines is 2. The molecule has 1 aliphatic rings. The van der Waals surface area contributed by atoms with Gasteiger partial charge in [0.25, 0.3) is 5.91 Å². The molecule has 1 saturated carbocycles. The van der Waals surface area contributed by atoms with Crippen LogP contribution in [0.4, 0.5) is 16.3 Å². The maximum absolute atomic E-state index is 12.4. The largest absolute Gasteiger partial charge is 0.335 e. The number of hydrogen-bond acceptors (Lipinski definition) is 3. The molecule has 0 radical (unpaired) electrons. The number of urea groups is 1. The zero-order valence-electron chi connectivity index (χ0n) is 14.0. The van der Waals surface area contributed by atoms with Gasteiger partial charge in [0, 0.05) is 22.7 Å². The molecule has 130 valence electrons. The summed E-state index contributed by atoms with van der Waals surface area (Å²) < 4.78 is 0. The number of fused-ring (bicyclic) bond motifs is 1. The Bertz CT molecular complexity index is 965. The molecule has 0 bridgehead atoms. The van der Waals surface area contributed by atoms with Crippen LogP contribution in [0.5, 0.6) is 0 Å². The summed E-state index contributed by atoms with van der Waals surface area (Å²) in [6.07, 6.45) is 2.07. The van der Waals surface area contributed by atoms with Crippen molar-refractivity contribution in [1.29, 1.82) is 0 Å². The number of nitrogens with zero attached hydrogens (tertiary/aromatic N) is 1. The molecule has 26 heavy (non-hydrogen) atoms. The molecule has 0 saturated heterocycles. The number of rotatable bonds is 4. The second-order valence-corrected chi connectivity index (χ2v) is 6.29. The number of aromatic nitrogens is 1. The fourth-order valence-electron chi connectivity index (χ4n) is 2.61. The van der Waals surface area contributed by atoms with Gasteiger partial charge >= 0.3 is 6.03 Å². The summed E-state index contributed by atoms with van der Waals surface area (Å²) in [5.41, 5.74) is 1.96. The summed E-state index contributed by atoms with van der Waals surface area (Å²) in [7, 11) is 0. The number of pyridine rings is 1. The second-order valence-electron chi connectivity index (χ2n) is 6.29. The quantitative estimate of drug-likeness (QED) is 0.672. The minimum atomic E-state index is -0.248. The minimum Gasteiger partial charge on any atom is -0.335 e. The van der Waals surface area contributed by atoms with Gasteiger partial charge in [0.2, 0.25) is 0 Å². The first kappa shape index (κ1) is 16.1. The van der Waals surface area contributed by atoms with Gasteiger partial charge in [-0.25, -0.2) is 9.78 Å². The first-order valence-electron chi connectivity index (χ1n) is 8.52. The molecule has 1 aliphatic carbocycles. The minimum absolute atomic E-state index is 0.218. The van der Waals surface area contributed by atoms with Crippen LogP contribution >= 0.6 is 0 Å². The third-order valence-electron chi connectivity index (χ3n) is 4.16. The van der Waals surface area contributed by atoms with E-state index < -0.39 is 0 Å². The summed E-state index contributed by atoms with van der Waals surface area (Å²) >= 11 is 0. The molecule has 2 aromatic carbocycles. The first-order valence-corrected chi connectivity index (χ1v) is 8.52. The molecule has 0 spiro atoms. The van der Waals surface area contributed by atoms with Crippen molar-refractivity contribution in [3.05, 3.63) is 66.2 Å². The number of amides is 3. The second kappa shape index (κ2) is 6.84. The van der Waals surface area contributed by atoms with E-state index >= 15 is 0 Å². The van der Waals surface area contributed by atoms with E-state index in [9.17, 15) is 9.59 Å². The number of carbonyl (C=O) groups excluding carboxylic acids is 2. The average Bonchev–Trinajstić information content (AvgIpc) is 3.46. The zero-order valence-corrected chi connectivity index (χ0v) is 14.0. The van der Waals surface area contributed by atoms with Crippen molar-refractivity contribution in [2.24, 2.45) is 0 Å². The topological polar surface area (TPSA) is 83.1 Å². The molecular weight excluding hydrogens is 328 g/mol. The predicted molar refractivity (Wildman–Crippen MR) is 101 cm³/mol. The van der Waals surface area contributed by atoms with Gasteiger partial charge in [0.1, 0.15) is 5.82 Å². The maximum atomic E-state index is 12.4. The Balaban J connectivity index is 1.41. The van der Waals surface area contributed by atoms with E-state index in [1.165, 1.54) is 0 Å². The molecule has 1 heterocycles. The van der Waals surface area contributed by atoms with Crippen molar-refractivity contribution < 1.29 is 9.59 Å². The van der Waals surface area contributed by atoms with Crippen LogP contribution in [0.3, 0.4) is 0 Å². The van der Waals surface area contributed by atoms with E-state index in [2.05, 4.69) is 20.9 Å². The van der Waals surface area contributed by atoms with Crippen LogP contribution in [0.25, 0.3) is 10.9 Å². The molecule has 0 aliphatic heterocycles. The van der Waals surface area contributed by atoms with Gasteiger partial charge in [-0.15, -0.1) is 0 Å². The number of para-hydroxylation sites is 1. The Morgan fingerprint density at radius 2 is 1.65 bits per heavy atom. The highest BCUT2D eigenvalue weighted by Crippen LogP contribution is 2.19. The number of carbonyl (C=O) groups is 2. The van der Waals surface area contributed by atoms with Crippen LogP contribution in [-0.2, 0) is 0 Å². The van der Waals surface area contributed by atoms with Crippen molar-refractivity contribution in [2.75, 3.05) is 10.6 Å². The lowest BCUT2D eigenvalue weighted by atomic mass is 10.2. The highest BCUT2D eigenvalue weighted by Gasteiger charge is 2.23. The number of nitrogens with one attached hydrogen (secondary N) is 3. The fraction of sp³-hybridized carbons (Fsp3) is 0.150. The summed E-state index contributed by atoms with van der Waals surface area (Å²) in [6, 6.07) is 18.3. The molecular formula is C20H18N4O2. The molecule has 1 fully saturated rings. The van der Waals surface area contributed by atoms with Crippen LogP contribution in [0.1, 0.15) is 23.2 Å². The van der Waals surface area contributed by atoms with Crippen LogP contribution in [0.2, 0.25) is 0 Å². The van der Waals surface area contributed by atoms with Gasteiger partial charge in [-0.05, 0) is 55.3 Å². The van der Waals surface area contributed by atoms with E-state index in [0.29, 0.717) is 23.1 Å². The van der Waals surface area contributed by atoms with Crippen molar-refractivity contribution in [3.8, 4) is 0 Å². The highest BCUT2D eigenvalue weighted by molar-refractivity contribution is 6.04. The molecule has 3 amide bonds. The molecule has 6 nitrogen and oxygen atoms in total. The lowest BCUT2D eigenvalue weighted by Crippen LogP contribution is -2.30. The maximum Gasteiger partial charge on any atom is 0.319 e. The van der Waals surface area contributed by atoms with Crippen LogP contribution in [0.15, 0.2) is 60.7 Å². The van der Waals surface area contributed by atoms with Crippen molar-refractivity contribution in [2.45, 2.75) is 18.9 Å². The van der Waals surface area contributed by atoms with Crippen LogP contribution < -0.4 is 16.0 Å². The van der Waals surface area contributed by atoms with Crippen LogP contribution in [0, 0.1) is 0 Å². The smallest absolute Gasteiger partial charge is 0.319 e. The Morgan fingerprint density at radius 3 is 2.42 bits per heavy atom. The SMILES string of the molecule is O=C(Nc1ccc(C(=O)Nc2ccc3ccccc3n2)cc1)NC1CC1. The molecule has 4 rings (SSSR count). The Morgan fingerprint density at radius 1 is 0.885 bits per heavy atom. The standard InChI is InChI=1S/C20H18N4O2/c25-19(24-18-12-7-13-3-1-2-4-17(13)23-18)14-5-8-15(9-6-14)21-20(26)22-16-10-11-16/h1-9,12,16H,10-11H2,(H2,21,22,26)(H,23,24,25). The van der Waals surface area contributed by atoms with Gasteiger partial charge in [-0.2, -0.15) is 0 Å². The number of hydrogen-bond donors (Lipinski definition) is 3. The third kappa shape index (κ3) is 3.80. The highest BCUT2D eigenvalue weighted by atomic mass is 16.2. The van der Waals surface area contributed by atoms with Crippen molar-refractivity contribution in [3.63, 3.8) is 0 Å². The fourth-order valence-corrected chi connectivity index (χ4v) is 2.61. The van der Waals surface area contributed by atoms with Gasteiger partial charge in [-0.3, -0.25) is 4.79 Å². The average molecular weight is 346 g/mol. The molecule has 1 aromatic heterocycles. The van der Waals surface area contributed by atoms with E-state index in [4.69, 9.17) is 0 Å². The van der Waals surface area contributed by atoms with Crippen molar-refractivity contribution in [1.82, 2.24) is 10.3 Å². The first-order chi connectivity index (χ1) is 12.7. The Labute approximate surface area is 150 Å². The van der Waals surface area contributed by atoms with E-state index in [0.717, 1.165) is 23.7 Å². The van der Waals surface area contributed by atoms with E-state index in [1.54, 1.807) is 30.3 Å². The monoisotopic (exact) mass is 346 g/mol. The van der Waals surface area contributed by atoms with Gasteiger partial charge < -0.3 is 16.0 Å². The van der Waals surface area contributed by atoms with Gasteiger partial charge in [0.05, 0.1) is 5.52 Å². The van der Waals surface area contributed by atoms with Crippen molar-refractivity contribution >= 4 is 34.3 Å². The Hall–Kier alpha value is -3.41. The molecule has 3 N–H and O–H groups in total. The zero-order chi connectivity index (χ0) is 17.9. The normalized spacial score (nSPS) is 13.2. The van der Waals surface area contributed by atoms with Gasteiger partial charge in [-0.1, -0.05) is 18.2 Å². The molecule has 0 atom stereocenters. The summed E-state index contributed by atoms with van der Waals surface area (Å²) in [5, 5.41) is 9.42. The predicted octanol–water partition coefficient (Wildman–Crippen LogP) is 3.77. The summed E-state index contributed by atoms with van der Waals surface area (Å²) in [6.45, 7) is 0. The lowest BCUT2D eigenvalue weighted by Gasteiger charge is -2.08. The van der Waals surface area contributed by atoms with Gasteiger partial charge in [0.15, 0.2) is 0 Å². The lowest BCUT2D eigenvalue weighted by molar-refractivity contribution is 0.102. The van der Waals surface area contributed by atoms with E-state index in [1.807, 2.05) is 30.3 Å². The molecule has 6 heteroatoms. The third-order valence-corrected chi connectivity index (χ3v) is 4.16. The molecule has 0 unspecified atom stereocenters. The Kier molecular flexibility index (Phi) is 4.23.